The van der Waals surface area contributed by atoms with Gasteiger partial charge in [-0.1, -0.05) is 18.5 Å². The van der Waals surface area contributed by atoms with Gasteiger partial charge in [-0.25, -0.2) is 0 Å². The number of halogens is 1. The Morgan fingerprint density at radius 1 is 1.22 bits per heavy atom. The number of aromatic amines is 1. The third kappa shape index (κ3) is 3.66. The maximum atomic E-state index is 12.6. The van der Waals surface area contributed by atoms with E-state index in [0.717, 1.165) is 27.7 Å². The highest BCUT2D eigenvalue weighted by Gasteiger charge is 2.27. The number of fused-ring (bicyclic) bond motifs is 1. The summed E-state index contributed by atoms with van der Waals surface area (Å²) < 4.78 is 5.26. The molecule has 3 rings (SSSR count). The Hall–Kier alpha value is -2.86. The summed E-state index contributed by atoms with van der Waals surface area (Å²) in [5.74, 6) is -0.772. The number of H-pyrrole nitrogens is 1. The predicted molar refractivity (Wildman–Crippen MR) is 105 cm³/mol. The Kier molecular flexibility index (Phi) is 5.46. The summed E-state index contributed by atoms with van der Waals surface area (Å²) in [6, 6.07) is 11.7. The van der Waals surface area contributed by atoms with Gasteiger partial charge in [0.15, 0.2) is 0 Å². The van der Waals surface area contributed by atoms with Gasteiger partial charge in [0.25, 0.3) is 5.69 Å². The molecule has 27 heavy (non-hydrogen) atoms. The molecule has 1 unspecified atom stereocenters. The second-order valence-electron chi connectivity index (χ2n) is 6.12. The lowest BCUT2D eigenvalue weighted by Gasteiger charge is -2.15. The molecule has 0 saturated carbocycles. The van der Waals surface area contributed by atoms with E-state index in [1.807, 2.05) is 19.1 Å². The second kappa shape index (κ2) is 7.80. The van der Waals surface area contributed by atoms with Gasteiger partial charge in [0.05, 0.1) is 23.1 Å². The first-order valence-corrected chi connectivity index (χ1v) is 9.06. The van der Waals surface area contributed by atoms with Crippen LogP contribution in [0.1, 0.15) is 31.7 Å². The van der Waals surface area contributed by atoms with Crippen molar-refractivity contribution < 1.29 is 14.5 Å². The monoisotopic (exact) mass is 386 g/mol. The number of rotatable bonds is 6. The van der Waals surface area contributed by atoms with Gasteiger partial charge in [0.2, 0.25) is 0 Å². The van der Waals surface area contributed by atoms with E-state index in [0.29, 0.717) is 18.1 Å². The molecule has 1 aromatic heterocycles. The topological polar surface area (TPSA) is 85.2 Å². The number of nitro benzene ring substituents is 1. The summed E-state index contributed by atoms with van der Waals surface area (Å²) in [6.45, 7) is 3.99. The number of carbonyl (C=O) groups excluding carboxylic acids is 1. The molecule has 140 valence electrons. The summed E-state index contributed by atoms with van der Waals surface area (Å²) in [4.78, 5) is 26.4. The molecule has 0 radical (unpaired) electrons. The summed E-state index contributed by atoms with van der Waals surface area (Å²) in [5, 5.41) is 12.3. The standard InChI is InChI=1S/C20H19ClN2O4/c1-3-15(20(24)27-4-2)18-16-11-13(21)7-10-17(16)22-19(18)12-5-8-14(9-6-12)23(25)26/h5-11,15,22H,3-4H2,1-2H3. The van der Waals surface area contributed by atoms with Crippen LogP contribution >= 0.6 is 11.6 Å². The van der Waals surface area contributed by atoms with Crippen LogP contribution in [0.2, 0.25) is 5.02 Å². The minimum Gasteiger partial charge on any atom is -0.466 e. The lowest BCUT2D eigenvalue weighted by molar-refractivity contribution is -0.384. The van der Waals surface area contributed by atoms with Crippen molar-refractivity contribution in [3.05, 3.63) is 63.2 Å². The van der Waals surface area contributed by atoms with Crippen LogP contribution in [-0.4, -0.2) is 22.5 Å². The predicted octanol–water partition coefficient (Wildman–Crippen LogP) is 5.45. The maximum absolute atomic E-state index is 12.6. The summed E-state index contributed by atoms with van der Waals surface area (Å²) in [6.07, 6.45) is 0.554. The average molecular weight is 387 g/mol. The maximum Gasteiger partial charge on any atom is 0.313 e. The number of ether oxygens (including phenoxy) is 1. The molecule has 0 spiro atoms. The first-order valence-electron chi connectivity index (χ1n) is 8.68. The Bertz CT molecular complexity index is 995. The Morgan fingerprint density at radius 2 is 1.93 bits per heavy atom. The van der Waals surface area contributed by atoms with Crippen molar-refractivity contribution in [2.24, 2.45) is 0 Å². The van der Waals surface area contributed by atoms with Gasteiger partial charge in [-0.2, -0.15) is 0 Å². The molecule has 1 heterocycles. The third-order valence-electron chi connectivity index (χ3n) is 4.50. The highest BCUT2D eigenvalue weighted by atomic mass is 35.5. The quantitative estimate of drug-likeness (QED) is 0.346. The van der Waals surface area contributed by atoms with Crippen molar-refractivity contribution in [1.29, 1.82) is 0 Å². The fourth-order valence-electron chi connectivity index (χ4n) is 3.26. The zero-order valence-electron chi connectivity index (χ0n) is 15.0. The van der Waals surface area contributed by atoms with Gasteiger partial charge in [0.1, 0.15) is 0 Å². The Morgan fingerprint density at radius 3 is 2.52 bits per heavy atom. The van der Waals surface area contributed by atoms with E-state index in [1.165, 1.54) is 12.1 Å². The van der Waals surface area contributed by atoms with Crippen LogP contribution in [0.25, 0.3) is 22.2 Å². The highest BCUT2D eigenvalue weighted by molar-refractivity contribution is 6.31. The number of esters is 1. The number of hydrogen-bond acceptors (Lipinski definition) is 4. The van der Waals surface area contributed by atoms with E-state index in [-0.39, 0.29) is 11.7 Å². The second-order valence-corrected chi connectivity index (χ2v) is 6.56. The van der Waals surface area contributed by atoms with E-state index in [1.54, 1.807) is 25.1 Å². The van der Waals surface area contributed by atoms with Crippen molar-refractivity contribution in [2.75, 3.05) is 6.61 Å². The molecule has 0 aliphatic heterocycles. The molecule has 3 aromatic rings. The number of nitrogens with one attached hydrogen (secondary N) is 1. The zero-order chi connectivity index (χ0) is 19.6. The minimum absolute atomic E-state index is 0.0110. The van der Waals surface area contributed by atoms with E-state index in [9.17, 15) is 14.9 Å². The van der Waals surface area contributed by atoms with Crippen molar-refractivity contribution in [2.45, 2.75) is 26.2 Å². The van der Waals surface area contributed by atoms with Crippen LogP contribution in [-0.2, 0) is 9.53 Å². The number of nitro groups is 1. The Labute approximate surface area is 161 Å². The first-order chi connectivity index (χ1) is 13.0. The number of nitrogens with zero attached hydrogens (tertiary/aromatic N) is 1. The molecule has 0 aliphatic rings. The lowest BCUT2D eigenvalue weighted by Crippen LogP contribution is -2.15. The highest BCUT2D eigenvalue weighted by Crippen LogP contribution is 2.39. The molecule has 0 saturated heterocycles. The smallest absolute Gasteiger partial charge is 0.313 e. The molecule has 0 aliphatic carbocycles. The Balaban J connectivity index is 2.22. The van der Waals surface area contributed by atoms with Crippen LogP contribution in [0.15, 0.2) is 42.5 Å². The van der Waals surface area contributed by atoms with E-state index >= 15 is 0 Å². The van der Waals surface area contributed by atoms with E-state index in [4.69, 9.17) is 16.3 Å². The molecule has 0 fully saturated rings. The number of hydrogen-bond donors (Lipinski definition) is 1. The van der Waals surface area contributed by atoms with E-state index < -0.39 is 10.8 Å². The number of carbonyl (C=O) groups is 1. The molecule has 1 atom stereocenters. The van der Waals surface area contributed by atoms with Gasteiger partial charge in [-0.05, 0) is 54.8 Å². The third-order valence-corrected chi connectivity index (χ3v) is 4.73. The molecule has 0 bridgehead atoms. The first kappa shape index (κ1) is 18.9. The molecule has 6 nitrogen and oxygen atoms in total. The fraction of sp³-hybridized carbons (Fsp3) is 0.250. The number of non-ortho nitro benzene ring substituents is 1. The molecule has 0 amide bonds. The SMILES string of the molecule is CCOC(=O)C(CC)c1c(-c2ccc([N+](=O)[O-])cc2)[nH]c2ccc(Cl)cc12. The molecule has 1 N–H and O–H groups in total. The van der Waals surface area contributed by atoms with Gasteiger partial charge in [-0.3, -0.25) is 14.9 Å². The lowest BCUT2D eigenvalue weighted by atomic mass is 9.91. The summed E-state index contributed by atoms with van der Waals surface area (Å²) in [7, 11) is 0. The fourth-order valence-corrected chi connectivity index (χ4v) is 3.43. The average Bonchev–Trinajstić information content (AvgIpc) is 3.01. The van der Waals surface area contributed by atoms with Crippen LogP contribution in [0.5, 0.6) is 0 Å². The largest absolute Gasteiger partial charge is 0.466 e. The van der Waals surface area contributed by atoms with Gasteiger partial charge in [-0.15, -0.1) is 0 Å². The summed E-state index contributed by atoms with van der Waals surface area (Å²) in [5.41, 5.74) is 3.14. The number of aromatic nitrogens is 1. The molecule has 7 heteroatoms. The van der Waals surface area contributed by atoms with Gasteiger partial charge < -0.3 is 9.72 Å². The molecule has 2 aromatic carbocycles. The van der Waals surface area contributed by atoms with Crippen molar-refractivity contribution in [1.82, 2.24) is 4.98 Å². The van der Waals surface area contributed by atoms with Crippen LogP contribution < -0.4 is 0 Å². The number of benzene rings is 2. The van der Waals surface area contributed by atoms with E-state index in [2.05, 4.69) is 4.98 Å². The van der Waals surface area contributed by atoms with Crippen molar-refractivity contribution in [3.63, 3.8) is 0 Å². The van der Waals surface area contributed by atoms with Gasteiger partial charge in [0, 0.05) is 28.1 Å². The van der Waals surface area contributed by atoms with Crippen LogP contribution in [0.4, 0.5) is 5.69 Å². The van der Waals surface area contributed by atoms with Crippen LogP contribution in [0, 0.1) is 10.1 Å². The molecular formula is C20H19ClN2O4. The normalized spacial score (nSPS) is 12.1. The van der Waals surface area contributed by atoms with Crippen LogP contribution in [0.3, 0.4) is 0 Å². The van der Waals surface area contributed by atoms with Gasteiger partial charge >= 0.3 is 5.97 Å². The summed E-state index contributed by atoms with van der Waals surface area (Å²) >= 11 is 6.19. The van der Waals surface area contributed by atoms with Crippen molar-refractivity contribution >= 4 is 34.2 Å². The minimum atomic E-state index is -0.470. The molecular weight excluding hydrogens is 368 g/mol. The zero-order valence-corrected chi connectivity index (χ0v) is 15.7. The van der Waals surface area contributed by atoms with Crippen molar-refractivity contribution in [3.8, 4) is 11.3 Å².